The Balaban J connectivity index is 2.96. The van der Waals surface area contributed by atoms with Gasteiger partial charge in [0.2, 0.25) is 0 Å². The van der Waals surface area contributed by atoms with Crippen LogP contribution in [0.5, 0.6) is 0 Å². The lowest BCUT2D eigenvalue weighted by molar-refractivity contribution is -0.139. The van der Waals surface area contributed by atoms with E-state index in [9.17, 15) is 9.59 Å². The summed E-state index contributed by atoms with van der Waals surface area (Å²) in [6.45, 7) is 1.91. The first-order valence-electron chi connectivity index (χ1n) is 6.23. The predicted octanol–water partition coefficient (Wildman–Crippen LogP) is 2.83. The van der Waals surface area contributed by atoms with Gasteiger partial charge in [-0.2, -0.15) is 0 Å². The molecule has 2 N–H and O–H groups in total. The number of hydrogen-bond donors (Lipinski definition) is 2. The van der Waals surface area contributed by atoms with Crippen LogP contribution in [0, 0.1) is 5.92 Å². The van der Waals surface area contributed by atoms with Gasteiger partial charge in [-0.15, -0.1) is 0 Å². The third kappa shape index (κ3) is 3.88. The van der Waals surface area contributed by atoms with Gasteiger partial charge in [-0.05, 0) is 25.2 Å². The molecule has 4 nitrogen and oxygen atoms in total. The molecule has 0 radical (unpaired) electrons. The Hall–Kier alpha value is -1.32. The number of carboxylic acids is 2. The Kier molecular flexibility index (Phi) is 5.19. The molecular weight excluding hydrogens is 220 g/mol. The van der Waals surface area contributed by atoms with Crippen molar-refractivity contribution in [3.63, 3.8) is 0 Å². The van der Waals surface area contributed by atoms with Crippen LogP contribution >= 0.6 is 0 Å². The lowest BCUT2D eigenvalue weighted by atomic mass is 9.80. The SMILES string of the molecule is CCC(=C(CC(=O)O)C(=O)O)C1CCCCC1. The second-order valence-electron chi connectivity index (χ2n) is 4.57. The van der Waals surface area contributed by atoms with Gasteiger partial charge < -0.3 is 10.2 Å². The van der Waals surface area contributed by atoms with Crippen molar-refractivity contribution >= 4 is 11.9 Å². The number of hydrogen-bond acceptors (Lipinski definition) is 2. The molecule has 0 aromatic carbocycles. The van der Waals surface area contributed by atoms with Crippen molar-refractivity contribution in [3.05, 3.63) is 11.1 Å². The van der Waals surface area contributed by atoms with Crippen molar-refractivity contribution in [2.45, 2.75) is 51.9 Å². The second-order valence-corrected chi connectivity index (χ2v) is 4.57. The Bertz CT molecular complexity index is 324. The fourth-order valence-electron chi connectivity index (χ4n) is 2.68. The van der Waals surface area contributed by atoms with Crippen LogP contribution in [0.4, 0.5) is 0 Å². The molecule has 0 bridgehead atoms. The first-order chi connectivity index (χ1) is 8.06. The van der Waals surface area contributed by atoms with Crippen LogP contribution in [0.15, 0.2) is 11.1 Å². The van der Waals surface area contributed by atoms with E-state index in [4.69, 9.17) is 10.2 Å². The van der Waals surface area contributed by atoms with Gasteiger partial charge in [0.15, 0.2) is 0 Å². The van der Waals surface area contributed by atoms with Crippen LogP contribution in [0.1, 0.15) is 51.9 Å². The van der Waals surface area contributed by atoms with Gasteiger partial charge in [-0.3, -0.25) is 4.79 Å². The molecule has 0 heterocycles. The molecule has 0 unspecified atom stereocenters. The van der Waals surface area contributed by atoms with Gasteiger partial charge in [0.25, 0.3) is 0 Å². The number of allylic oxidation sites excluding steroid dienone is 1. The minimum atomic E-state index is -1.07. The smallest absolute Gasteiger partial charge is 0.332 e. The minimum absolute atomic E-state index is 0.104. The summed E-state index contributed by atoms with van der Waals surface area (Å²) in [5.74, 6) is -1.86. The monoisotopic (exact) mass is 240 g/mol. The van der Waals surface area contributed by atoms with Crippen molar-refractivity contribution in [2.75, 3.05) is 0 Å². The molecule has 0 aromatic heterocycles. The minimum Gasteiger partial charge on any atom is -0.481 e. The van der Waals surface area contributed by atoms with E-state index in [0.717, 1.165) is 31.3 Å². The van der Waals surface area contributed by atoms with Crippen LogP contribution in [-0.4, -0.2) is 22.2 Å². The van der Waals surface area contributed by atoms with E-state index in [2.05, 4.69) is 0 Å². The molecule has 0 saturated heterocycles. The van der Waals surface area contributed by atoms with Crippen molar-refractivity contribution in [2.24, 2.45) is 5.92 Å². The first-order valence-corrected chi connectivity index (χ1v) is 6.23. The molecule has 0 amide bonds. The fourth-order valence-corrected chi connectivity index (χ4v) is 2.68. The van der Waals surface area contributed by atoms with E-state index in [-0.39, 0.29) is 17.9 Å². The number of rotatable bonds is 5. The highest BCUT2D eigenvalue weighted by molar-refractivity contribution is 5.93. The average molecular weight is 240 g/mol. The highest BCUT2D eigenvalue weighted by Gasteiger charge is 2.24. The van der Waals surface area contributed by atoms with Crippen molar-refractivity contribution < 1.29 is 19.8 Å². The van der Waals surface area contributed by atoms with E-state index in [1.807, 2.05) is 6.92 Å². The van der Waals surface area contributed by atoms with Crippen LogP contribution in [0.2, 0.25) is 0 Å². The molecule has 4 heteroatoms. The molecular formula is C13H20O4. The topological polar surface area (TPSA) is 74.6 Å². The van der Waals surface area contributed by atoms with Crippen molar-refractivity contribution in [1.82, 2.24) is 0 Å². The molecule has 0 aliphatic heterocycles. The van der Waals surface area contributed by atoms with E-state index >= 15 is 0 Å². The molecule has 0 atom stereocenters. The standard InChI is InChI=1S/C13H20O4/c1-2-10(9-6-4-3-5-7-9)11(13(16)17)8-12(14)15/h9H,2-8H2,1H3,(H,14,15)(H,16,17). The number of carbonyl (C=O) groups is 2. The maximum atomic E-state index is 11.2. The van der Waals surface area contributed by atoms with Gasteiger partial charge in [0.1, 0.15) is 0 Å². The fraction of sp³-hybridized carbons (Fsp3) is 0.692. The molecule has 0 aromatic rings. The largest absolute Gasteiger partial charge is 0.481 e. The van der Waals surface area contributed by atoms with Crippen molar-refractivity contribution in [1.29, 1.82) is 0 Å². The Morgan fingerprint density at radius 1 is 1.12 bits per heavy atom. The summed E-state index contributed by atoms with van der Waals surface area (Å²) in [5, 5.41) is 17.9. The summed E-state index contributed by atoms with van der Waals surface area (Å²) in [4.78, 5) is 21.9. The summed E-state index contributed by atoms with van der Waals surface area (Å²) >= 11 is 0. The van der Waals surface area contributed by atoms with Crippen LogP contribution in [0.3, 0.4) is 0 Å². The van der Waals surface area contributed by atoms with Gasteiger partial charge in [0.05, 0.1) is 6.42 Å². The van der Waals surface area contributed by atoms with Gasteiger partial charge in [-0.25, -0.2) is 4.79 Å². The predicted molar refractivity (Wildman–Crippen MR) is 63.8 cm³/mol. The summed E-state index contributed by atoms with van der Waals surface area (Å²) in [5.41, 5.74) is 0.950. The summed E-state index contributed by atoms with van der Waals surface area (Å²) in [6, 6.07) is 0. The summed E-state index contributed by atoms with van der Waals surface area (Å²) in [7, 11) is 0. The van der Waals surface area contributed by atoms with Gasteiger partial charge >= 0.3 is 11.9 Å². The normalized spacial score (nSPS) is 18.6. The zero-order chi connectivity index (χ0) is 12.8. The van der Waals surface area contributed by atoms with E-state index in [0.29, 0.717) is 6.42 Å². The lowest BCUT2D eigenvalue weighted by Crippen LogP contribution is -2.16. The van der Waals surface area contributed by atoms with E-state index < -0.39 is 11.9 Å². The molecule has 1 saturated carbocycles. The third-order valence-electron chi connectivity index (χ3n) is 3.45. The third-order valence-corrected chi connectivity index (χ3v) is 3.45. The van der Waals surface area contributed by atoms with Gasteiger partial charge in [-0.1, -0.05) is 31.8 Å². The first kappa shape index (κ1) is 13.7. The molecule has 1 aliphatic rings. The Labute approximate surface area is 101 Å². The maximum Gasteiger partial charge on any atom is 0.332 e. The Morgan fingerprint density at radius 2 is 1.71 bits per heavy atom. The quantitative estimate of drug-likeness (QED) is 0.724. The van der Waals surface area contributed by atoms with E-state index in [1.165, 1.54) is 6.42 Å². The molecule has 96 valence electrons. The Morgan fingerprint density at radius 3 is 2.12 bits per heavy atom. The zero-order valence-electron chi connectivity index (χ0n) is 10.2. The summed E-state index contributed by atoms with van der Waals surface area (Å²) in [6.07, 6.45) is 5.71. The molecule has 1 rings (SSSR count). The highest BCUT2D eigenvalue weighted by atomic mass is 16.4. The molecule has 1 fully saturated rings. The lowest BCUT2D eigenvalue weighted by Gasteiger charge is -2.25. The number of carboxylic acid groups (broad SMARTS) is 2. The zero-order valence-corrected chi connectivity index (χ0v) is 10.2. The van der Waals surface area contributed by atoms with E-state index in [1.54, 1.807) is 0 Å². The highest BCUT2D eigenvalue weighted by Crippen LogP contribution is 2.33. The number of aliphatic carboxylic acids is 2. The second kappa shape index (κ2) is 6.42. The summed E-state index contributed by atoms with van der Waals surface area (Å²) < 4.78 is 0. The molecule has 17 heavy (non-hydrogen) atoms. The molecule has 0 spiro atoms. The molecule has 1 aliphatic carbocycles. The van der Waals surface area contributed by atoms with Crippen LogP contribution < -0.4 is 0 Å². The van der Waals surface area contributed by atoms with Crippen molar-refractivity contribution in [3.8, 4) is 0 Å². The average Bonchev–Trinajstić information content (AvgIpc) is 2.29. The van der Waals surface area contributed by atoms with Crippen LogP contribution in [0.25, 0.3) is 0 Å². The maximum absolute atomic E-state index is 11.2. The van der Waals surface area contributed by atoms with Gasteiger partial charge in [0, 0.05) is 5.57 Å². The van der Waals surface area contributed by atoms with Crippen LogP contribution in [-0.2, 0) is 9.59 Å².